The fraction of sp³-hybridized carbons (Fsp3) is 0.250. The molecule has 0 aliphatic carbocycles. The van der Waals surface area contributed by atoms with Crippen LogP contribution < -0.4 is 10.1 Å². The maximum atomic E-state index is 12.8. The molecule has 0 radical (unpaired) electrons. The Kier molecular flexibility index (Phi) is 6.42. The molecule has 32 heavy (non-hydrogen) atoms. The number of methoxy groups -OCH3 is 2. The molecule has 0 bridgehead atoms. The fourth-order valence-electron chi connectivity index (χ4n) is 3.49. The Bertz CT molecular complexity index is 1210. The van der Waals surface area contributed by atoms with Crippen molar-refractivity contribution in [3.8, 4) is 22.8 Å². The van der Waals surface area contributed by atoms with Crippen LogP contribution in [0.1, 0.15) is 23.7 Å². The summed E-state index contributed by atoms with van der Waals surface area (Å²) in [6, 6.07) is 13.2. The van der Waals surface area contributed by atoms with E-state index in [1.54, 1.807) is 38.9 Å². The van der Waals surface area contributed by atoms with Gasteiger partial charge in [-0.05, 0) is 48.9 Å². The summed E-state index contributed by atoms with van der Waals surface area (Å²) < 4.78 is 12.4. The van der Waals surface area contributed by atoms with E-state index >= 15 is 0 Å². The van der Waals surface area contributed by atoms with E-state index in [2.05, 4.69) is 15.3 Å². The molecular formula is C24H25N5O3. The van der Waals surface area contributed by atoms with Gasteiger partial charge in [0, 0.05) is 37.0 Å². The molecule has 1 aromatic carbocycles. The summed E-state index contributed by atoms with van der Waals surface area (Å²) in [5.41, 5.74) is 3.44. The van der Waals surface area contributed by atoms with Crippen molar-refractivity contribution >= 4 is 17.1 Å². The van der Waals surface area contributed by atoms with Crippen molar-refractivity contribution in [3.63, 3.8) is 0 Å². The SMILES string of the molecule is CCC(COC)NC(=O)c1cnc2c(c1)nc(-c1cccnc1)n2-c1ccc(OC)cc1. The summed E-state index contributed by atoms with van der Waals surface area (Å²) in [6.45, 7) is 2.46. The van der Waals surface area contributed by atoms with Gasteiger partial charge in [0.15, 0.2) is 5.65 Å². The smallest absolute Gasteiger partial charge is 0.253 e. The van der Waals surface area contributed by atoms with E-state index in [9.17, 15) is 4.79 Å². The van der Waals surface area contributed by atoms with E-state index in [4.69, 9.17) is 14.5 Å². The Labute approximate surface area is 186 Å². The summed E-state index contributed by atoms with van der Waals surface area (Å²) in [7, 11) is 3.25. The van der Waals surface area contributed by atoms with Crippen molar-refractivity contribution in [2.45, 2.75) is 19.4 Å². The minimum Gasteiger partial charge on any atom is -0.497 e. The van der Waals surface area contributed by atoms with Crippen molar-refractivity contribution < 1.29 is 14.3 Å². The number of nitrogens with zero attached hydrogens (tertiary/aromatic N) is 4. The van der Waals surface area contributed by atoms with Crippen LogP contribution in [0.15, 0.2) is 61.1 Å². The number of imidazole rings is 1. The van der Waals surface area contributed by atoms with Gasteiger partial charge in [-0.1, -0.05) is 6.92 Å². The number of aromatic nitrogens is 4. The molecule has 8 nitrogen and oxygen atoms in total. The molecule has 0 fully saturated rings. The molecule has 164 valence electrons. The van der Waals surface area contributed by atoms with Crippen LogP contribution in [-0.4, -0.2) is 52.3 Å². The number of ether oxygens (including phenoxy) is 2. The van der Waals surface area contributed by atoms with Gasteiger partial charge in [-0.2, -0.15) is 0 Å². The van der Waals surface area contributed by atoms with Gasteiger partial charge in [0.1, 0.15) is 17.1 Å². The second kappa shape index (κ2) is 9.57. The third-order valence-electron chi connectivity index (χ3n) is 5.21. The summed E-state index contributed by atoms with van der Waals surface area (Å²) in [4.78, 5) is 26.4. The summed E-state index contributed by atoms with van der Waals surface area (Å²) in [6.07, 6.45) is 5.82. The van der Waals surface area contributed by atoms with Crippen LogP contribution in [0.25, 0.3) is 28.2 Å². The average Bonchev–Trinajstić information content (AvgIpc) is 3.23. The van der Waals surface area contributed by atoms with Crippen molar-refractivity contribution in [3.05, 3.63) is 66.6 Å². The van der Waals surface area contributed by atoms with Crippen LogP contribution in [0.4, 0.5) is 0 Å². The molecule has 0 aliphatic heterocycles. The number of amides is 1. The molecule has 8 heteroatoms. The summed E-state index contributed by atoms with van der Waals surface area (Å²) in [5, 5.41) is 2.98. The number of rotatable bonds is 8. The Balaban J connectivity index is 1.79. The first kappa shape index (κ1) is 21.5. The minimum atomic E-state index is -0.203. The molecule has 0 spiro atoms. The van der Waals surface area contributed by atoms with Gasteiger partial charge in [0.05, 0.1) is 25.3 Å². The molecular weight excluding hydrogens is 406 g/mol. The standard InChI is InChI=1S/C24H25N5O3/c1-4-18(15-31-2)27-24(30)17-12-21-23(26-14-17)29(19-7-9-20(32-3)10-8-19)22(28-21)16-6-5-11-25-13-16/h5-14,18H,4,15H2,1-3H3,(H,27,30). The summed E-state index contributed by atoms with van der Waals surface area (Å²) >= 11 is 0. The molecule has 1 N–H and O–H groups in total. The van der Waals surface area contributed by atoms with E-state index in [0.29, 0.717) is 29.2 Å². The zero-order valence-electron chi connectivity index (χ0n) is 18.3. The highest BCUT2D eigenvalue weighted by Crippen LogP contribution is 2.28. The van der Waals surface area contributed by atoms with Crippen molar-refractivity contribution in [1.29, 1.82) is 0 Å². The largest absolute Gasteiger partial charge is 0.497 e. The Morgan fingerprint density at radius 2 is 1.97 bits per heavy atom. The normalized spacial score (nSPS) is 12.0. The third kappa shape index (κ3) is 4.31. The molecule has 1 amide bonds. The third-order valence-corrected chi connectivity index (χ3v) is 5.21. The molecule has 0 saturated carbocycles. The molecule has 0 saturated heterocycles. The molecule has 1 atom stereocenters. The highest BCUT2D eigenvalue weighted by molar-refractivity contribution is 5.97. The zero-order chi connectivity index (χ0) is 22.5. The summed E-state index contributed by atoms with van der Waals surface area (Å²) in [5.74, 6) is 1.24. The first-order chi connectivity index (χ1) is 15.6. The van der Waals surface area contributed by atoms with Gasteiger partial charge < -0.3 is 14.8 Å². The van der Waals surface area contributed by atoms with Gasteiger partial charge >= 0.3 is 0 Å². The van der Waals surface area contributed by atoms with Gasteiger partial charge in [0.25, 0.3) is 5.91 Å². The Morgan fingerprint density at radius 1 is 1.16 bits per heavy atom. The molecule has 4 rings (SSSR count). The van der Waals surface area contributed by atoms with Crippen molar-refractivity contribution in [2.24, 2.45) is 0 Å². The highest BCUT2D eigenvalue weighted by Gasteiger charge is 2.19. The number of carbonyl (C=O) groups excluding carboxylic acids is 1. The minimum absolute atomic E-state index is 0.0639. The first-order valence-electron chi connectivity index (χ1n) is 10.4. The van der Waals surface area contributed by atoms with Crippen LogP contribution in [0.3, 0.4) is 0 Å². The van der Waals surface area contributed by atoms with E-state index in [0.717, 1.165) is 23.4 Å². The predicted octanol–water partition coefficient (Wildman–Crippen LogP) is 3.65. The van der Waals surface area contributed by atoms with Gasteiger partial charge in [-0.3, -0.25) is 14.3 Å². The van der Waals surface area contributed by atoms with Crippen molar-refractivity contribution in [1.82, 2.24) is 24.8 Å². The topological polar surface area (TPSA) is 91.2 Å². The van der Waals surface area contributed by atoms with Gasteiger partial charge in [-0.15, -0.1) is 0 Å². The number of hydrogen-bond donors (Lipinski definition) is 1. The number of nitrogens with one attached hydrogen (secondary N) is 1. The number of pyridine rings is 2. The van der Waals surface area contributed by atoms with E-state index in [1.165, 1.54) is 0 Å². The molecule has 4 aromatic rings. The number of carbonyl (C=O) groups is 1. The number of hydrogen-bond acceptors (Lipinski definition) is 6. The monoisotopic (exact) mass is 431 g/mol. The highest BCUT2D eigenvalue weighted by atomic mass is 16.5. The Hall–Kier alpha value is -3.78. The lowest BCUT2D eigenvalue weighted by Gasteiger charge is -2.15. The quantitative estimate of drug-likeness (QED) is 0.458. The van der Waals surface area contributed by atoms with Crippen molar-refractivity contribution in [2.75, 3.05) is 20.8 Å². The molecule has 1 unspecified atom stereocenters. The number of benzene rings is 1. The van der Waals surface area contributed by atoms with Crippen LogP contribution in [0.5, 0.6) is 5.75 Å². The van der Waals surface area contributed by atoms with E-state index in [-0.39, 0.29) is 11.9 Å². The van der Waals surface area contributed by atoms with Crippen LogP contribution in [0, 0.1) is 0 Å². The van der Waals surface area contributed by atoms with Crippen LogP contribution in [-0.2, 0) is 4.74 Å². The number of fused-ring (bicyclic) bond motifs is 1. The maximum absolute atomic E-state index is 12.8. The molecule has 3 aromatic heterocycles. The average molecular weight is 431 g/mol. The van der Waals surface area contributed by atoms with Gasteiger partial charge in [0.2, 0.25) is 0 Å². The van der Waals surface area contributed by atoms with Gasteiger partial charge in [-0.25, -0.2) is 9.97 Å². The zero-order valence-corrected chi connectivity index (χ0v) is 18.3. The molecule has 0 aliphatic rings. The fourth-order valence-corrected chi connectivity index (χ4v) is 3.49. The Morgan fingerprint density at radius 3 is 2.62 bits per heavy atom. The maximum Gasteiger partial charge on any atom is 0.253 e. The van der Waals surface area contributed by atoms with Crippen LogP contribution >= 0.6 is 0 Å². The lowest BCUT2D eigenvalue weighted by molar-refractivity contribution is 0.0894. The van der Waals surface area contributed by atoms with Crippen LogP contribution in [0.2, 0.25) is 0 Å². The predicted molar refractivity (Wildman–Crippen MR) is 122 cm³/mol. The second-order valence-electron chi connectivity index (χ2n) is 7.31. The lowest BCUT2D eigenvalue weighted by Crippen LogP contribution is -2.37. The second-order valence-corrected chi connectivity index (χ2v) is 7.31. The lowest BCUT2D eigenvalue weighted by atomic mass is 10.2. The molecule has 3 heterocycles. The van der Waals surface area contributed by atoms with E-state index in [1.807, 2.05) is 47.9 Å². The first-order valence-corrected chi connectivity index (χ1v) is 10.4. The van der Waals surface area contributed by atoms with E-state index < -0.39 is 0 Å².